The molecule has 0 saturated carbocycles. The zero-order chi connectivity index (χ0) is 12.6. The second kappa shape index (κ2) is 5.04. The van der Waals surface area contributed by atoms with Crippen molar-refractivity contribution in [2.45, 2.75) is 13.8 Å². The standard InChI is InChI=1S/C13H10Br2OS/c1-7-5-11(15)9(6-10(7)14)13(16)12-4-3-8(2)17-12/h3-6H,1-2H3. The molecule has 0 N–H and O–H groups in total. The predicted molar refractivity (Wildman–Crippen MR) is 79.1 cm³/mol. The summed E-state index contributed by atoms with van der Waals surface area (Å²) < 4.78 is 1.80. The SMILES string of the molecule is Cc1ccc(C(=O)c2cc(Br)c(C)cc2Br)s1. The molecular weight excluding hydrogens is 364 g/mol. The van der Waals surface area contributed by atoms with Gasteiger partial charge in [0.15, 0.2) is 0 Å². The van der Waals surface area contributed by atoms with Crippen molar-refractivity contribution in [3.63, 3.8) is 0 Å². The summed E-state index contributed by atoms with van der Waals surface area (Å²) in [6, 6.07) is 7.67. The lowest BCUT2D eigenvalue weighted by atomic mass is 10.1. The Kier molecular flexibility index (Phi) is 3.85. The van der Waals surface area contributed by atoms with Crippen LogP contribution in [0.2, 0.25) is 0 Å². The lowest BCUT2D eigenvalue weighted by Gasteiger charge is -2.05. The summed E-state index contributed by atoms with van der Waals surface area (Å²) >= 11 is 8.43. The van der Waals surface area contributed by atoms with Crippen LogP contribution in [0.1, 0.15) is 25.7 Å². The van der Waals surface area contributed by atoms with Crippen molar-refractivity contribution in [2.75, 3.05) is 0 Å². The molecule has 0 aliphatic rings. The van der Waals surface area contributed by atoms with Gasteiger partial charge in [0.1, 0.15) is 0 Å². The van der Waals surface area contributed by atoms with Crippen molar-refractivity contribution in [1.82, 2.24) is 0 Å². The number of carbonyl (C=O) groups is 1. The maximum absolute atomic E-state index is 12.3. The molecule has 2 rings (SSSR count). The Hall–Kier alpha value is -0.450. The zero-order valence-corrected chi connectivity index (χ0v) is 13.4. The van der Waals surface area contributed by atoms with Gasteiger partial charge in [-0.2, -0.15) is 0 Å². The number of rotatable bonds is 2. The van der Waals surface area contributed by atoms with Crippen molar-refractivity contribution in [1.29, 1.82) is 0 Å². The number of hydrogen-bond donors (Lipinski definition) is 0. The van der Waals surface area contributed by atoms with E-state index in [1.165, 1.54) is 11.3 Å². The molecule has 2 aromatic rings. The van der Waals surface area contributed by atoms with Crippen molar-refractivity contribution in [2.24, 2.45) is 0 Å². The fourth-order valence-corrected chi connectivity index (χ4v) is 3.31. The predicted octanol–water partition coefficient (Wildman–Crippen LogP) is 5.12. The van der Waals surface area contributed by atoms with Gasteiger partial charge in [-0.15, -0.1) is 11.3 Å². The highest BCUT2D eigenvalue weighted by atomic mass is 79.9. The molecule has 4 heteroatoms. The Balaban J connectivity index is 2.47. The zero-order valence-electron chi connectivity index (χ0n) is 9.38. The number of benzene rings is 1. The average molecular weight is 374 g/mol. The molecule has 0 bridgehead atoms. The van der Waals surface area contributed by atoms with Gasteiger partial charge in [-0.3, -0.25) is 4.79 Å². The van der Waals surface area contributed by atoms with E-state index in [4.69, 9.17) is 0 Å². The van der Waals surface area contributed by atoms with Crippen LogP contribution in [0.15, 0.2) is 33.2 Å². The van der Waals surface area contributed by atoms with Gasteiger partial charge in [0.25, 0.3) is 0 Å². The minimum atomic E-state index is 0.0654. The van der Waals surface area contributed by atoms with Gasteiger partial charge in [0, 0.05) is 19.4 Å². The third-order valence-corrected chi connectivity index (χ3v) is 4.97. The van der Waals surface area contributed by atoms with Gasteiger partial charge in [-0.25, -0.2) is 0 Å². The number of carbonyl (C=O) groups excluding carboxylic acids is 1. The van der Waals surface area contributed by atoms with Crippen molar-refractivity contribution in [3.8, 4) is 0 Å². The fourth-order valence-electron chi connectivity index (χ4n) is 1.51. The summed E-state index contributed by atoms with van der Waals surface area (Å²) in [6.45, 7) is 4.00. The molecule has 88 valence electrons. The molecule has 0 amide bonds. The molecule has 1 nitrogen and oxygen atoms in total. The molecule has 17 heavy (non-hydrogen) atoms. The summed E-state index contributed by atoms with van der Waals surface area (Å²) in [5, 5.41) is 0. The van der Waals surface area contributed by atoms with Gasteiger partial charge in [0.2, 0.25) is 5.78 Å². The van der Waals surface area contributed by atoms with E-state index in [1.807, 2.05) is 38.1 Å². The third kappa shape index (κ3) is 2.69. The van der Waals surface area contributed by atoms with Crippen LogP contribution in [0, 0.1) is 13.8 Å². The first-order valence-corrected chi connectivity index (χ1v) is 7.46. The Labute approximate surface area is 121 Å². The quantitative estimate of drug-likeness (QED) is 0.667. The Morgan fingerprint density at radius 3 is 2.41 bits per heavy atom. The molecule has 0 atom stereocenters. The maximum Gasteiger partial charge on any atom is 0.204 e. The van der Waals surface area contributed by atoms with Crippen LogP contribution < -0.4 is 0 Å². The third-order valence-electron chi connectivity index (χ3n) is 2.46. The first-order chi connectivity index (χ1) is 7.99. The van der Waals surface area contributed by atoms with E-state index in [9.17, 15) is 4.79 Å². The molecule has 0 unspecified atom stereocenters. The summed E-state index contributed by atoms with van der Waals surface area (Å²) in [5.74, 6) is 0.0654. The van der Waals surface area contributed by atoms with Crippen LogP contribution in [0.3, 0.4) is 0 Å². The first kappa shape index (κ1) is 13.0. The second-order valence-corrected chi connectivity index (χ2v) is 6.82. The van der Waals surface area contributed by atoms with E-state index in [0.717, 1.165) is 24.3 Å². The second-order valence-electron chi connectivity index (χ2n) is 3.82. The van der Waals surface area contributed by atoms with E-state index in [2.05, 4.69) is 31.9 Å². The number of ketones is 1. The molecule has 1 aromatic carbocycles. The smallest absolute Gasteiger partial charge is 0.204 e. The van der Waals surface area contributed by atoms with Crippen LogP contribution in [0.4, 0.5) is 0 Å². The van der Waals surface area contributed by atoms with Crippen molar-refractivity contribution >= 4 is 49.0 Å². The van der Waals surface area contributed by atoms with Crippen molar-refractivity contribution in [3.05, 3.63) is 54.1 Å². The lowest BCUT2D eigenvalue weighted by Crippen LogP contribution is -2.00. The van der Waals surface area contributed by atoms with E-state index in [-0.39, 0.29) is 5.78 Å². The van der Waals surface area contributed by atoms with Gasteiger partial charge >= 0.3 is 0 Å². The minimum Gasteiger partial charge on any atom is -0.288 e. The topological polar surface area (TPSA) is 17.1 Å². The molecule has 1 heterocycles. The summed E-state index contributed by atoms with van der Waals surface area (Å²) in [5.41, 5.74) is 1.81. The largest absolute Gasteiger partial charge is 0.288 e. The monoisotopic (exact) mass is 372 g/mol. The normalized spacial score (nSPS) is 10.6. The molecule has 0 aliphatic heterocycles. The van der Waals surface area contributed by atoms with Gasteiger partial charge in [-0.1, -0.05) is 31.9 Å². The highest BCUT2D eigenvalue weighted by Gasteiger charge is 2.15. The molecule has 0 radical (unpaired) electrons. The van der Waals surface area contributed by atoms with E-state index >= 15 is 0 Å². The Morgan fingerprint density at radius 2 is 1.82 bits per heavy atom. The van der Waals surface area contributed by atoms with Gasteiger partial charge < -0.3 is 0 Å². The Bertz CT molecular complexity index is 587. The number of thiophene rings is 1. The van der Waals surface area contributed by atoms with Gasteiger partial charge in [-0.05, 0) is 43.7 Å². The van der Waals surface area contributed by atoms with E-state index in [1.54, 1.807) is 0 Å². The van der Waals surface area contributed by atoms with Crippen LogP contribution in [-0.2, 0) is 0 Å². The minimum absolute atomic E-state index is 0.0654. The number of aryl methyl sites for hydroxylation is 2. The Morgan fingerprint density at radius 1 is 1.12 bits per heavy atom. The summed E-state index contributed by atoms with van der Waals surface area (Å²) in [4.78, 5) is 14.2. The molecule has 0 fully saturated rings. The van der Waals surface area contributed by atoms with E-state index in [0.29, 0.717) is 5.56 Å². The average Bonchev–Trinajstić information content (AvgIpc) is 2.69. The lowest BCUT2D eigenvalue weighted by molar-refractivity contribution is 0.104. The van der Waals surface area contributed by atoms with E-state index < -0.39 is 0 Å². The highest BCUT2D eigenvalue weighted by molar-refractivity contribution is 9.11. The summed E-state index contributed by atoms with van der Waals surface area (Å²) in [7, 11) is 0. The van der Waals surface area contributed by atoms with Crippen molar-refractivity contribution < 1.29 is 4.79 Å². The molecule has 0 spiro atoms. The molecule has 0 aliphatic carbocycles. The van der Waals surface area contributed by atoms with Crippen LogP contribution in [-0.4, -0.2) is 5.78 Å². The number of hydrogen-bond acceptors (Lipinski definition) is 2. The van der Waals surface area contributed by atoms with Crippen LogP contribution in [0.5, 0.6) is 0 Å². The van der Waals surface area contributed by atoms with Gasteiger partial charge in [0.05, 0.1) is 4.88 Å². The van der Waals surface area contributed by atoms with Crippen LogP contribution >= 0.6 is 43.2 Å². The first-order valence-electron chi connectivity index (χ1n) is 5.06. The number of halogens is 2. The summed E-state index contributed by atoms with van der Waals surface area (Å²) in [6.07, 6.45) is 0. The van der Waals surface area contributed by atoms with Crippen LogP contribution in [0.25, 0.3) is 0 Å². The fraction of sp³-hybridized carbons (Fsp3) is 0.154. The highest BCUT2D eigenvalue weighted by Crippen LogP contribution is 2.29. The molecule has 0 saturated heterocycles. The molecule has 1 aromatic heterocycles. The maximum atomic E-state index is 12.3. The molecular formula is C13H10Br2OS.